The molecule has 0 unspecified atom stereocenters. The van der Waals surface area contributed by atoms with Crippen LogP contribution in [0.2, 0.25) is 5.02 Å². The molecule has 0 bridgehead atoms. The Kier molecular flexibility index (Phi) is 6.98. The van der Waals surface area contributed by atoms with Crippen molar-refractivity contribution in [3.63, 3.8) is 0 Å². The van der Waals surface area contributed by atoms with Gasteiger partial charge in [-0.2, -0.15) is 0 Å². The summed E-state index contributed by atoms with van der Waals surface area (Å²) in [4.78, 5) is 14.8. The van der Waals surface area contributed by atoms with Gasteiger partial charge in [0.15, 0.2) is 0 Å². The highest BCUT2D eigenvalue weighted by atomic mass is 35.5. The molecule has 5 heteroatoms. The van der Waals surface area contributed by atoms with Crippen LogP contribution in [0.4, 0.5) is 0 Å². The van der Waals surface area contributed by atoms with E-state index in [1.807, 2.05) is 43.3 Å². The van der Waals surface area contributed by atoms with Crippen LogP contribution in [0.5, 0.6) is 0 Å². The van der Waals surface area contributed by atoms with E-state index in [4.69, 9.17) is 11.6 Å². The SMILES string of the molecule is CNCCN(C)C(=O)C1(c2ccc(Cl)cc2)CCCC1.Cl. The van der Waals surface area contributed by atoms with E-state index in [0.29, 0.717) is 0 Å². The molecule has 3 nitrogen and oxygen atoms in total. The van der Waals surface area contributed by atoms with E-state index in [-0.39, 0.29) is 23.7 Å². The highest BCUT2D eigenvalue weighted by molar-refractivity contribution is 6.30. The number of carbonyl (C=O) groups excluding carboxylic acids is 1. The van der Waals surface area contributed by atoms with Crippen LogP contribution in [0.3, 0.4) is 0 Å². The second-order valence-corrected chi connectivity index (χ2v) is 6.06. The van der Waals surface area contributed by atoms with Crippen LogP contribution in [0, 0.1) is 0 Å². The molecule has 0 saturated heterocycles. The summed E-state index contributed by atoms with van der Waals surface area (Å²) in [5.41, 5.74) is 0.772. The molecule has 0 heterocycles. The fraction of sp³-hybridized carbons (Fsp3) is 0.562. The van der Waals surface area contributed by atoms with Crippen molar-refractivity contribution < 1.29 is 4.79 Å². The van der Waals surface area contributed by atoms with Crippen LogP contribution in [0.15, 0.2) is 24.3 Å². The highest BCUT2D eigenvalue weighted by Crippen LogP contribution is 2.42. The summed E-state index contributed by atoms with van der Waals surface area (Å²) < 4.78 is 0. The number of carbonyl (C=O) groups is 1. The predicted octanol–water partition coefficient (Wildman–Crippen LogP) is 3.25. The quantitative estimate of drug-likeness (QED) is 0.898. The molecule has 2 rings (SSSR count). The van der Waals surface area contributed by atoms with Crippen LogP contribution in [-0.4, -0.2) is 38.0 Å². The molecular formula is C16H24Cl2N2O. The molecule has 118 valence electrons. The van der Waals surface area contributed by atoms with Crippen molar-refractivity contribution >= 4 is 29.9 Å². The normalized spacial score (nSPS) is 16.3. The van der Waals surface area contributed by atoms with Gasteiger partial charge in [0.25, 0.3) is 0 Å². The van der Waals surface area contributed by atoms with Crippen molar-refractivity contribution in [2.45, 2.75) is 31.1 Å². The summed E-state index contributed by atoms with van der Waals surface area (Å²) in [6.45, 7) is 1.56. The van der Waals surface area contributed by atoms with Gasteiger partial charge in [0.05, 0.1) is 5.41 Å². The molecule has 0 aromatic heterocycles. The van der Waals surface area contributed by atoms with Gasteiger partial charge in [0.1, 0.15) is 0 Å². The average Bonchev–Trinajstić information content (AvgIpc) is 2.95. The third kappa shape index (κ3) is 3.91. The number of amides is 1. The monoisotopic (exact) mass is 330 g/mol. The van der Waals surface area contributed by atoms with Crippen molar-refractivity contribution in [3.05, 3.63) is 34.9 Å². The maximum absolute atomic E-state index is 12.9. The van der Waals surface area contributed by atoms with Gasteiger partial charge in [-0.05, 0) is 37.6 Å². The van der Waals surface area contributed by atoms with E-state index >= 15 is 0 Å². The van der Waals surface area contributed by atoms with E-state index in [9.17, 15) is 4.79 Å². The van der Waals surface area contributed by atoms with E-state index < -0.39 is 0 Å². The van der Waals surface area contributed by atoms with Crippen LogP contribution < -0.4 is 5.32 Å². The summed E-state index contributed by atoms with van der Waals surface area (Å²) in [6, 6.07) is 7.80. The molecule has 0 spiro atoms. The standard InChI is InChI=1S/C16H23ClN2O.ClH/c1-18-11-12-19(2)15(20)16(9-3-4-10-16)13-5-7-14(17)8-6-13;/h5-8,18H,3-4,9-12H2,1-2H3;1H. The smallest absolute Gasteiger partial charge is 0.233 e. The maximum Gasteiger partial charge on any atom is 0.233 e. The molecule has 0 aliphatic heterocycles. The lowest BCUT2D eigenvalue weighted by Gasteiger charge is -2.33. The minimum absolute atomic E-state index is 0. The van der Waals surface area contributed by atoms with Gasteiger partial charge in [-0.25, -0.2) is 0 Å². The largest absolute Gasteiger partial charge is 0.344 e. The first-order valence-electron chi connectivity index (χ1n) is 7.26. The van der Waals surface area contributed by atoms with Crippen LogP contribution >= 0.6 is 24.0 Å². The highest BCUT2D eigenvalue weighted by Gasteiger charge is 2.43. The lowest BCUT2D eigenvalue weighted by Crippen LogP contribution is -2.45. The lowest BCUT2D eigenvalue weighted by molar-refractivity contribution is -0.136. The van der Waals surface area contributed by atoms with Gasteiger partial charge in [0, 0.05) is 25.2 Å². The Morgan fingerprint density at radius 3 is 2.38 bits per heavy atom. The molecule has 1 aromatic rings. The van der Waals surface area contributed by atoms with E-state index in [1.165, 1.54) is 0 Å². The van der Waals surface area contributed by atoms with Crippen molar-refractivity contribution in [2.75, 3.05) is 27.2 Å². The van der Waals surface area contributed by atoms with E-state index in [2.05, 4.69) is 5.32 Å². The van der Waals surface area contributed by atoms with Gasteiger partial charge in [-0.1, -0.05) is 36.6 Å². The second kappa shape index (κ2) is 8.02. The topological polar surface area (TPSA) is 32.3 Å². The lowest BCUT2D eigenvalue weighted by atomic mass is 9.77. The third-order valence-electron chi connectivity index (χ3n) is 4.31. The minimum Gasteiger partial charge on any atom is -0.344 e. The summed E-state index contributed by atoms with van der Waals surface area (Å²) in [7, 11) is 3.80. The fourth-order valence-electron chi connectivity index (χ4n) is 3.12. The second-order valence-electron chi connectivity index (χ2n) is 5.63. The van der Waals surface area contributed by atoms with Crippen LogP contribution in [0.25, 0.3) is 0 Å². The Morgan fingerprint density at radius 2 is 1.86 bits per heavy atom. The Morgan fingerprint density at radius 1 is 1.29 bits per heavy atom. The number of rotatable bonds is 5. The Bertz CT molecular complexity index is 456. The van der Waals surface area contributed by atoms with Gasteiger partial charge in [-0.15, -0.1) is 12.4 Å². The fourth-order valence-corrected chi connectivity index (χ4v) is 3.25. The molecule has 1 N–H and O–H groups in total. The molecule has 1 aromatic carbocycles. The van der Waals surface area contributed by atoms with Crippen molar-refractivity contribution in [2.24, 2.45) is 0 Å². The first-order valence-corrected chi connectivity index (χ1v) is 7.64. The molecule has 1 aliphatic carbocycles. The van der Waals surface area contributed by atoms with E-state index in [1.54, 1.807) is 0 Å². The first-order chi connectivity index (χ1) is 9.60. The minimum atomic E-state index is -0.340. The van der Waals surface area contributed by atoms with Gasteiger partial charge >= 0.3 is 0 Å². The first kappa shape index (κ1) is 18.3. The number of hydrogen-bond acceptors (Lipinski definition) is 2. The summed E-state index contributed by atoms with van der Waals surface area (Å²) in [5, 5.41) is 3.81. The Labute approximate surface area is 138 Å². The average molecular weight is 331 g/mol. The summed E-state index contributed by atoms with van der Waals surface area (Å²) in [5.74, 6) is 0.243. The van der Waals surface area contributed by atoms with Gasteiger partial charge < -0.3 is 10.2 Å². The summed E-state index contributed by atoms with van der Waals surface area (Å²) in [6.07, 6.45) is 4.12. The van der Waals surface area contributed by atoms with E-state index in [0.717, 1.165) is 49.4 Å². The number of benzene rings is 1. The van der Waals surface area contributed by atoms with Gasteiger partial charge in [-0.3, -0.25) is 4.79 Å². The van der Waals surface area contributed by atoms with Crippen LogP contribution in [-0.2, 0) is 10.2 Å². The zero-order chi connectivity index (χ0) is 14.6. The molecule has 0 radical (unpaired) electrons. The Hall–Kier alpha value is -0.770. The summed E-state index contributed by atoms with van der Waals surface area (Å²) >= 11 is 5.97. The van der Waals surface area contributed by atoms with Crippen molar-refractivity contribution in [1.82, 2.24) is 10.2 Å². The number of nitrogens with zero attached hydrogens (tertiary/aromatic N) is 1. The number of hydrogen-bond donors (Lipinski definition) is 1. The molecule has 1 amide bonds. The molecule has 1 fully saturated rings. The molecular weight excluding hydrogens is 307 g/mol. The third-order valence-corrected chi connectivity index (χ3v) is 4.56. The van der Waals surface area contributed by atoms with Crippen molar-refractivity contribution in [3.8, 4) is 0 Å². The van der Waals surface area contributed by atoms with Crippen LogP contribution in [0.1, 0.15) is 31.2 Å². The van der Waals surface area contributed by atoms with Crippen molar-refractivity contribution in [1.29, 1.82) is 0 Å². The zero-order valence-corrected chi connectivity index (χ0v) is 14.3. The molecule has 1 saturated carbocycles. The maximum atomic E-state index is 12.9. The number of likely N-dealkylation sites (N-methyl/N-ethyl adjacent to an activating group) is 2. The molecule has 21 heavy (non-hydrogen) atoms. The molecule has 1 aliphatic rings. The van der Waals surface area contributed by atoms with Gasteiger partial charge in [0.2, 0.25) is 5.91 Å². The molecule has 0 atom stereocenters. The number of nitrogens with one attached hydrogen (secondary N) is 1. The zero-order valence-electron chi connectivity index (χ0n) is 12.7. The Balaban J connectivity index is 0.00000220. The predicted molar refractivity (Wildman–Crippen MR) is 90.4 cm³/mol. The number of halogens is 2.